The number of carbonyl (C=O) groups excluding carboxylic acids is 4. The molecular formula is C57H86N4O11Si2. The number of azide groups is 1. The van der Waals surface area contributed by atoms with Crippen molar-refractivity contribution in [3.05, 3.63) is 118 Å². The molecule has 0 aromatic heterocycles. The number of aliphatic hydroxyl groups excluding tert-OH is 1. The Balaban J connectivity index is 0.000000405. The van der Waals surface area contributed by atoms with Crippen molar-refractivity contribution in [2.75, 3.05) is 6.61 Å². The molecule has 3 N–H and O–H groups in total. The minimum atomic E-state index is -2.26. The van der Waals surface area contributed by atoms with Gasteiger partial charge in [0, 0.05) is 36.8 Å². The van der Waals surface area contributed by atoms with Crippen molar-refractivity contribution in [3.8, 4) is 11.5 Å². The number of benzene rings is 2. The van der Waals surface area contributed by atoms with E-state index in [4.69, 9.17) is 28.6 Å². The quantitative estimate of drug-likeness (QED) is 0.0186. The smallest absolute Gasteiger partial charge is 0.411 e. The van der Waals surface area contributed by atoms with Crippen molar-refractivity contribution in [2.45, 2.75) is 194 Å². The normalized spacial score (nSPS) is 22.2. The fraction of sp³-hybridized carbons (Fsp3) is 0.579. The first kappa shape index (κ1) is 62.8. The summed E-state index contributed by atoms with van der Waals surface area (Å²) >= 11 is 0. The topological polar surface area (TPSA) is 216 Å². The van der Waals surface area contributed by atoms with Gasteiger partial charge in [0.1, 0.15) is 34.8 Å². The number of hydrogen-bond donors (Lipinski definition) is 3. The number of ether oxygens (including phenoxy) is 3. The Kier molecular flexibility index (Phi) is 25.1. The highest BCUT2D eigenvalue weighted by molar-refractivity contribution is 6.75. The van der Waals surface area contributed by atoms with Gasteiger partial charge in [-0.05, 0) is 120 Å². The molecule has 2 aliphatic heterocycles. The number of cyclic esters (lactones) is 2. The average molecular weight is 1060 g/mol. The fourth-order valence-electron chi connectivity index (χ4n) is 7.66. The number of nitrogens with one attached hydrogen (secondary N) is 1. The predicted molar refractivity (Wildman–Crippen MR) is 297 cm³/mol. The maximum Gasteiger partial charge on any atom is 0.411 e. The Hall–Kier alpha value is -5.46. The zero-order valence-corrected chi connectivity index (χ0v) is 48.4. The van der Waals surface area contributed by atoms with Gasteiger partial charge in [-0.15, -0.1) is 0 Å². The van der Waals surface area contributed by atoms with Gasteiger partial charge in [-0.25, -0.2) is 14.4 Å². The van der Waals surface area contributed by atoms with Crippen LogP contribution in [0.4, 0.5) is 4.79 Å². The molecule has 17 heteroatoms. The molecule has 0 saturated heterocycles. The first-order valence-electron chi connectivity index (χ1n) is 26.2. The maximum atomic E-state index is 14.0. The third-order valence-corrected chi connectivity index (χ3v) is 23.3. The molecule has 4 rings (SSSR count). The van der Waals surface area contributed by atoms with Crippen molar-refractivity contribution < 1.29 is 52.5 Å². The maximum absolute atomic E-state index is 14.0. The first-order valence-corrected chi connectivity index (χ1v) is 32.1. The number of fused-ring (bicyclic) bond motifs is 2. The van der Waals surface area contributed by atoms with Crippen molar-refractivity contribution in [1.82, 2.24) is 5.32 Å². The molecule has 2 aromatic carbocycles. The van der Waals surface area contributed by atoms with Crippen LogP contribution in [0.5, 0.6) is 11.5 Å². The molecule has 0 saturated carbocycles. The second-order valence-electron chi connectivity index (χ2n) is 22.5. The van der Waals surface area contributed by atoms with Crippen LogP contribution < -0.4 is 9.74 Å². The lowest BCUT2D eigenvalue weighted by molar-refractivity contribution is -0.113. The number of phenolic OH excluding ortho intramolecular Hbond substituents is 1. The van der Waals surface area contributed by atoms with Crippen LogP contribution in [0.25, 0.3) is 10.4 Å². The summed E-state index contributed by atoms with van der Waals surface area (Å²) in [6.07, 6.45) is 18.4. The number of aromatic hydroxyl groups is 1. The highest BCUT2D eigenvalue weighted by Crippen LogP contribution is 2.41. The van der Waals surface area contributed by atoms with Gasteiger partial charge in [-0.3, -0.25) is 10.1 Å². The van der Waals surface area contributed by atoms with Gasteiger partial charge in [-0.2, -0.15) is 0 Å². The SMILES string of the molecule is CCCCCOC(=O)N/C=C/C[C@H]1C[C@@H](O)[C@@H](C)C/C=C/Cc2cccc(O)c2C(=O)O1.C[C@H]1C/C=C/Cc2cccc(O[Si](C)(C)C(C)(C)C)c2C(=O)O[C@@H](C/C=C/C(=O)N=[N+]=[N-])C[C@H]1O[Si](C)(C)C(C)(C)C. The Morgan fingerprint density at radius 3 is 1.99 bits per heavy atom. The highest BCUT2D eigenvalue weighted by atomic mass is 28.4. The molecule has 0 unspecified atom stereocenters. The van der Waals surface area contributed by atoms with Crippen LogP contribution in [0.3, 0.4) is 0 Å². The molecule has 0 aliphatic carbocycles. The molecular weight excluding hydrogens is 973 g/mol. The monoisotopic (exact) mass is 1060 g/mol. The molecule has 0 bridgehead atoms. The minimum Gasteiger partial charge on any atom is -0.543 e. The predicted octanol–water partition coefficient (Wildman–Crippen LogP) is 13.9. The number of hydrogen-bond acceptors (Lipinski definition) is 11. The summed E-state index contributed by atoms with van der Waals surface area (Å²) < 4.78 is 30.6. The number of nitrogens with zero attached hydrogens (tertiary/aromatic N) is 3. The number of aliphatic hydroxyl groups is 1. The first-order chi connectivity index (χ1) is 34.7. The van der Waals surface area contributed by atoms with Crippen molar-refractivity contribution >= 4 is 40.6 Å². The van der Waals surface area contributed by atoms with E-state index in [1.807, 2.05) is 37.3 Å². The highest BCUT2D eigenvalue weighted by Gasteiger charge is 2.42. The van der Waals surface area contributed by atoms with Crippen LogP contribution in [0.15, 0.2) is 90.2 Å². The van der Waals surface area contributed by atoms with Gasteiger partial charge >= 0.3 is 18.0 Å². The van der Waals surface area contributed by atoms with E-state index in [0.29, 0.717) is 55.6 Å². The molecule has 0 radical (unpaired) electrons. The third kappa shape index (κ3) is 20.3. The molecule has 6 atom stereocenters. The van der Waals surface area contributed by atoms with E-state index in [9.17, 15) is 29.4 Å². The number of esters is 2. The fourth-order valence-corrected chi connectivity index (χ4v) is 10.1. The Labute approximate surface area is 443 Å². The molecule has 0 fully saturated rings. The number of carbonyl (C=O) groups is 4. The van der Waals surface area contributed by atoms with E-state index in [1.54, 1.807) is 24.3 Å². The van der Waals surface area contributed by atoms with Crippen LogP contribution in [0, 0.1) is 11.8 Å². The van der Waals surface area contributed by atoms with Crippen LogP contribution in [-0.4, -0.2) is 81.8 Å². The summed E-state index contributed by atoms with van der Waals surface area (Å²) in [5.41, 5.74) is 10.7. The van der Waals surface area contributed by atoms with Crippen molar-refractivity contribution in [3.63, 3.8) is 0 Å². The lowest BCUT2D eigenvalue weighted by Crippen LogP contribution is -2.46. The third-order valence-electron chi connectivity index (χ3n) is 14.4. The summed E-state index contributed by atoms with van der Waals surface area (Å²) in [5.74, 6) is -1.19. The van der Waals surface area contributed by atoms with Crippen molar-refractivity contribution in [1.29, 1.82) is 0 Å². The summed E-state index contributed by atoms with van der Waals surface area (Å²) in [5, 5.41) is 26.4. The largest absolute Gasteiger partial charge is 0.543 e. The van der Waals surface area contributed by atoms with E-state index < -0.39 is 58.9 Å². The minimum absolute atomic E-state index is 0.00396. The van der Waals surface area contributed by atoms with Gasteiger partial charge in [0.15, 0.2) is 8.32 Å². The second-order valence-corrected chi connectivity index (χ2v) is 32.0. The van der Waals surface area contributed by atoms with Crippen LogP contribution in [0.2, 0.25) is 36.3 Å². The number of alkyl carbamates (subject to hydrolysis) is 1. The molecule has 2 aromatic rings. The van der Waals surface area contributed by atoms with E-state index in [1.165, 1.54) is 18.3 Å². The van der Waals surface area contributed by atoms with Gasteiger partial charge in [0.05, 0.1) is 18.8 Å². The van der Waals surface area contributed by atoms with E-state index in [-0.39, 0.29) is 52.2 Å². The number of allylic oxidation sites excluding steroid dienone is 4. The molecule has 15 nitrogen and oxygen atoms in total. The summed E-state index contributed by atoms with van der Waals surface area (Å²) in [7, 11) is -4.41. The Morgan fingerprint density at radius 1 is 0.811 bits per heavy atom. The van der Waals surface area contributed by atoms with Gasteiger partial charge in [0.25, 0.3) is 8.32 Å². The molecule has 2 amide bonds. The lowest BCUT2D eigenvalue weighted by atomic mass is 9.93. The second kappa shape index (κ2) is 29.6. The summed E-state index contributed by atoms with van der Waals surface area (Å²) in [6, 6.07) is 10.7. The molecule has 74 heavy (non-hydrogen) atoms. The van der Waals surface area contributed by atoms with Gasteiger partial charge in [0.2, 0.25) is 5.91 Å². The van der Waals surface area contributed by atoms with Gasteiger partial charge in [-0.1, -0.05) is 136 Å². The standard InChI is InChI=1S/C32H51N3O5Si2.C25H35NO6/c1-23-16-12-13-17-24-18-14-20-26(39-41(8,9)31(2,3)4)29(24)30(37)38-25(19-15-21-28(36)34-35-33)22-27(23)40-42(10,11)32(5,6)7;1-3-4-7-16-31-25(30)26-15-9-13-20-17-22(28)18(2)10-5-6-11-19-12-8-14-21(27)23(19)24(29)32-20/h12-15,18,20-21,23,25,27H,16-17,19,22H2,1-11H3;5-6,8-9,12,14-15,18,20,22,27-28H,3-4,7,10-11,13,16-17H2,1-2H3,(H,26,30)/b13-12+,21-15+;6-5+,15-9+/t23-,25-,27+;18-,20-,22+/m00/s1. The van der Waals surface area contributed by atoms with E-state index >= 15 is 0 Å². The number of amides is 2. The Bertz CT molecular complexity index is 2340. The zero-order valence-electron chi connectivity index (χ0n) is 46.4. The summed E-state index contributed by atoms with van der Waals surface area (Å²) in [4.78, 5) is 53.0. The molecule has 408 valence electrons. The summed E-state index contributed by atoms with van der Waals surface area (Å²) in [6.45, 7) is 28.5. The average Bonchev–Trinajstić information content (AvgIpc) is 3.30. The van der Waals surface area contributed by atoms with Crippen LogP contribution in [0.1, 0.15) is 152 Å². The van der Waals surface area contributed by atoms with E-state index in [0.717, 1.165) is 31.2 Å². The van der Waals surface area contributed by atoms with Crippen LogP contribution in [-0.2, 0) is 36.3 Å². The molecule has 2 heterocycles. The van der Waals surface area contributed by atoms with Gasteiger partial charge < -0.3 is 33.3 Å². The number of unbranched alkanes of at least 4 members (excludes halogenated alkanes) is 2. The van der Waals surface area contributed by atoms with E-state index in [2.05, 4.69) is 109 Å². The molecule has 0 spiro atoms. The molecule has 2 aliphatic rings. The number of rotatable bonds is 14. The van der Waals surface area contributed by atoms with Crippen LogP contribution >= 0.6 is 0 Å². The number of phenols is 1. The lowest BCUT2D eigenvalue weighted by Gasteiger charge is -2.41. The Morgan fingerprint density at radius 2 is 1.38 bits per heavy atom. The van der Waals surface area contributed by atoms with Crippen molar-refractivity contribution in [2.24, 2.45) is 17.0 Å². The zero-order chi connectivity index (χ0) is 55.3.